The van der Waals surface area contributed by atoms with Crippen LogP contribution in [0.5, 0.6) is 0 Å². The summed E-state index contributed by atoms with van der Waals surface area (Å²) >= 11 is 0. The number of hydrogen-bond acceptors (Lipinski definition) is 5. The second-order valence-corrected chi connectivity index (χ2v) is 7.42. The highest BCUT2D eigenvalue weighted by Crippen LogP contribution is 2.29. The van der Waals surface area contributed by atoms with Crippen LogP contribution in [0.4, 0.5) is 13.2 Å². The molecule has 6 nitrogen and oxygen atoms in total. The highest BCUT2D eigenvalue weighted by molar-refractivity contribution is 5.94. The molecule has 0 fully saturated rings. The molecule has 9 heteroatoms. The molecule has 1 amide bonds. The number of benzene rings is 1. The predicted octanol–water partition coefficient (Wildman–Crippen LogP) is 3.46. The molecule has 0 radical (unpaired) electrons. The summed E-state index contributed by atoms with van der Waals surface area (Å²) in [6, 6.07) is 5.91. The Morgan fingerprint density at radius 3 is 2.30 bits per heavy atom. The van der Waals surface area contributed by atoms with E-state index in [1.165, 1.54) is 24.3 Å². The van der Waals surface area contributed by atoms with E-state index < -0.39 is 12.1 Å². The van der Waals surface area contributed by atoms with Gasteiger partial charge in [0.1, 0.15) is 0 Å². The van der Waals surface area contributed by atoms with Gasteiger partial charge in [0, 0.05) is 23.7 Å². The minimum Gasteiger partial charge on any atom is -0.349 e. The Labute approximate surface area is 155 Å². The van der Waals surface area contributed by atoms with Crippen LogP contribution in [0.25, 0.3) is 11.4 Å². The predicted molar refractivity (Wildman–Crippen MR) is 94.0 cm³/mol. The first-order chi connectivity index (χ1) is 12.4. The Kier molecular flexibility index (Phi) is 5.94. The standard InChI is InChI=1S/C18H23F3N4O2/c1-11(17(2,3)10-25(4)5)22-15(26)13-8-6-12(7-9-13)14-23-16(27-24-14)18(19,20)21/h6-9,11H,10H2,1-5H3,(H,22,26). The number of carbonyl (C=O) groups excluding carboxylic acids is 1. The van der Waals surface area contributed by atoms with Gasteiger partial charge in [-0.3, -0.25) is 4.79 Å². The maximum atomic E-state index is 12.5. The first-order valence-corrected chi connectivity index (χ1v) is 8.37. The van der Waals surface area contributed by atoms with Crippen molar-refractivity contribution in [2.24, 2.45) is 5.41 Å². The number of amides is 1. The normalized spacial score (nSPS) is 13.7. The smallest absolute Gasteiger partial charge is 0.349 e. The van der Waals surface area contributed by atoms with Crippen LogP contribution in [0.15, 0.2) is 28.8 Å². The van der Waals surface area contributed by atoms with Crippen LogP contribution in [0, 0.1) is 5.41 Å². The summed E-state index contributed by atoms with van der Waals surface area (Å²) in [5.74, 6) is -1.85. The molecule has 0 bridgehead atoms. The van der Waals surface area contributed by atoms with Gasteiger partial charge in [-0.15, -0.1) is 0 Å². The van der Waals surface area contributed by atoms with E-state index in [4.69, 9.17) is 0 Å². The lowest BCUT2D eigenvalue weighted by Crippen LogP contribution is -2.47. The minimum atomic E-state index is -4.69. The zero-order chi connectivity index (χ0) is 20.4. The van der Waals surface area contributed by atoms with Crippen LogP contribution in [-0.2, 0) is 6.18 Å². The number of nitrogens with one attached hydrogen (secondary N) is 1. The Hall–Kier alpha value is -2.42. The van der Waals surface area contributed by atoms with Gasteiger partial charge in [0.05, 0.1) is 0 Å². The van der Waals surface area contributed by atoms with E-state index in [0.29, 0.717) is 11.1 Å². The molecule has 148 valence electrons. The molecule has 1 unspecified atom stereocenters. The van der Waals surface area contributed by atoms with Gasteiger partial charge in [-0.25, -0.2) is 0 Å². The Balaban J connectivity index is 2.08. The fourth-order valence-corrected chi connectivity index (χ4v) is 2.65. The highest BCUT2D eigenvalue weighted by Gasteiger charge is 2.38. The van der Waals surface area contributed by atoms with Gasteiger partial charge in [-0.05, 0) is 38.6 Å². The lowest BCUT2D eigenvalue weighted by molar-refractivity contribution is -0.159. The molecule has 1 heterocycles. The van der Waals surface area contributed by atoms with Gasteiger partial charge in [0.15, 0.2) is 0 Å². The molecule has 1 N–H and O–H groups in total. The van der Waals surface area contributed by atoms with E-state index in [9.17, 15) is 18.0 Å². The number of rotatable bonds is 6. The van der Waals surface area contributed by atoms with Crippen molar-refractivity contribution in [2.75, 3.05) is 20.6 Å². The molecule has 0 spiro atoms. The van der Waals surface area contributed by atoms with Gasteiger partial charge in [-0.1, -0.05) is 31.1 Å². The van der Waals surface area contributed by atoms with E-state index in [1.807, 2.05) is 21.0 Å². The van der Waals surface area contributed by atoms with Crippen LogP contribution in [-0.4, -0.2) is 47.6 Å². The van der Waals surface area contributed by atoms with Gasteiger partial charge in [-0.2, -0.15) is 18.2 Å². The number of hydrogen-bond donors (Lipinski definition) is 1. The average Bonchev–Trinajstić information content (AvgIpc) is 3.04. The molecule has 2 rings (SSSR count). The number of nitrogens with zero attached hydrogens (tertiary/aromatic N) is 3. The average molecular weight is 384 g/mol. The number of carbonyl (C=O) groups is 1. The van der Waals surface area contributed by atoms with E-state index >= 15 is 0 Å². The topological polar surface area (TPSA) is 71.3 Å². The Morgan fingerprint density at radius 1 is 1.22 bits per heavy atom. The molecule has 0 aliphatic rings. The van der Waals surface area contributed by atoms with Crippen molar-refractivity contribution in [3.63, 3.8) is 0 Å². The molecule has 2 aromatic rings. The summed E-state index contributed by atoms with van der Waals surface area (Å²) in [6.45, 7) is 6.87. The molecule has 0 aliphatic carbocycles. The first-order valence-electron chi connectivity index (χ1n) is 8.37. The molecular formula is C18H23F3N4O2. The van der Waals surface area contributed by atoms with Gasteiger partial charge in [0.2, 0.25) is 5.82 Å². The SMILES string of the molecule is CC(NC(=O)c1ccc(-c2noc(C(F)(F)F)n2)cc1)C(C)(C)CN(C)C. The van der Waals surface area contributed by atoms with Crippen molar-refractivity contribution in [2.45, 2.75) is 33.0 Å². The van der Waals surface area contributed by atoms with Gasteiger partial charge in [0.25, 0.3) is 5.91 Å². The molecule has 1 aromatic heterocycles. The van der Waals surface area contributed by atoms with Crippen molar-refractivity contribution in [3.05, 3.63) is 35.7 Å². The van der Waals surface area contributed by atoms with Crippen LogP contribution < -0.4 is 5.32 Å². The Morgan fingerprint density at radius 2 is 1.81 bits per heavy atom. The van der Waals surface area contributed by atoms with Crippen molar-refractivity contribution < 1.29 is 22.5 Å². The quantitative estimate of drug-likeness (QED) is 0.826. The Bertz CT molecular complexity index is 783. The van der Waals surface area contributed by atoms with Gasteiger partial charge >= 0.3 is 12.1 Å². The van der Waals surface area contributed by atoms with Crippen LogP contribution in [0.2, 0.25) is 0 Å². The summed E-state index contributed by atoms with van der Waals surface area (Å²) in [7, 11) is 3.94. The van der Waals surface area contributed by atoms with Crippen LogP contribution >= 0.6 is 0 Å². The zero-order valence-corrected chi connectivity index (χ0v) is 15.9. The minimum absolute atomic E-state index is 0.0846. The third-order valence-corrected chi connectivity index (χ3v) is 4.32. The fourth-order valence-electron chi connectivity index (χ4n) is 2.65. The molecule has 1 aromatic carbocycles. The van der Waals surface area contributed by atoms with Crippen LogP contribution in [0.1, 0.15) is 37.0 Å². The summed E-state index contributed by atoms with van der Waals surface area (Å²) in [6.07, 6.45) is -4.69. The van der Waals surface area contributed by atoms with Crippen molar-refractivity contribution in [3.8, 4) is 11.4 Å². The third-order valence-electron chi connectivity index (χ3n) is 4.32. The summed E-state index contributed by atoms with van der Waals surface area (Å²) in [5, 5.41) is 6.29. The van der Waals surface area contributed by atoms with Crippen LogP contribution in [0.3, 0.4) is 0 Å². The monoisotopic (exact) mass is 384 g/mol. The highest BCUT2D eigenvalue weighted by atomic mass is 19.4. The maximum absolute atomic E-state index is 12.5. The number of aromatic nitrogens is 2. The zero-order valence-electron chi connectivity index (χ0n) is 15.9. The van der Waals surface area contributed by atoms with Crippen molar-refractivity contribution >= 4 is 5.91 Å². The second-order valence-electron chi connectivity index (χ2n) is 7.42. The van der Waals surface area contributed by atoms with E-state index in [-0.39, 0.29) is 23.2 Å². The van der Waals surface area contributed by atoms with E-state index in [0.717, 1.165) is 6.54 Å². The summed E-state index contributed by atoms with van der Waals surface area (Å²) in [5.41, 5.74) is 0.579. The lowest BCUT2D eigenvalue weighted by atomic mass is 9.84. The first kappa shape index (κ1) is 20.9. The summed E-state index contributed by atoms with van der Waals surface area (Å²) in [4.78, 5) is 17.8. The molecule has 27 heavy (non-hydrogen) atoms. The van der Waals surface area contributed by atoms with Crippen molar-refractivity contribution in [1.82, 2.24) is 20.4 Å². The number of halogens is 3. The molecule has 0 saturated carbocycles. The molecule has 0 saturated heterocycles. The largest absolute Gasteiger partial charge is 0.471 e. The molecular weight excluding hydrogens is 361 g/mol. The lowest BCUT2D eigenvalue weighted by Gasteiger charge is -2.34. The second kappa shape index (κ2) is 7.67. The van der Waals surface area contributed by atoms with Gasteiger partial charge < -0.3 is 14.7 Å². The number of alkyl halides is 3. The van der Waals surface area contributed by atoms with E-state index in [2.05, 4.69) is 38.7 Å². The third kappa shape index (κ3) is 5.29. The van der Waals surface area contributed by atoms with E-state index in [1.54, 1.807) is 0 Å². The maximum Gasteiger partial charge on any atom is 0.471 e. The molecule has 0 aliphatic heterocycles. The van der Waals surface area contributed by atoms with Crippen molar-refractivity contribution in [1.29, 1.82) is 0 Å². The fraction of sp³-hybridized carbons (Fsp3) is 0.500. The summed E-state index contributed by atoms with van der Waals surface area (Å²) < 4.78 is 41.8. The molecule has 1 atom stereocenters.